The van der Waals surface area contributed by atoms with E-state index < -0.39 is 5.41 Å². The molecule has 2 nitrogen and oxygen atoms in total. The Morgan fingerprint density at radius 3 is 1.70 bits per heavy atom. The minimum Gasteiger partial charge on any atom is -0.228 e. The molecule has 0 aliphatic heterocycles. The monoisotopic (exact) mass is 722 g/mol. The average Bonchev–Trinajstić information content (AvgIpc) is 3.76. The normalized spacial score (nSPS) is 14.7. The highest BCUT2D eigenvalue weighted by atomic mass is 14.9. The van der Waals surface area contributed by atoms with Crippen LogP contribution in [-0.2, 0) is 5.41 Å². The summed E-state index contributed by atoms with van der Waals surface area (Å²) in [5.41, 5.74) is 18.9. The van der Waals surface area contributed by atoms with Gasteiger partial charge in [0.1, 0.15) is 0 Å². The van der Waals surface area contributed by atoms with Crippen LogP contribution < -0.4 is 0 Å². The summed E-state index contributed by atoms with van der Waals surface area (Å²) >= 11 is 0. The Bertz CT molecular complexity index is 3220. The van der Waals surface area contributed by atoms with Gasteiger partial charge >= 0.3 is 0 Å². The zero-order valence-electron chi connectivity index (χ0n) is 31.0. The molecule has 0 saturated carbocycles. The summed E-state index contributed by atoms with van der Waals surface area (Å²) in [5, 5.41) is 3.60. The lowest BCUT2D eigenvalue weighted by Gasteiger charge is -2.32. The van der Waals surface area contributed by atoms with Crippen molar-refractivity contribution in [3.63, 3.8) is 0 Å². The first-order chi connectivity index (χ1) is 28.3. The van der Waals surface area contributed by atoms with Crippen molar-refractivity contribution in [2.75, 3.05) is 0 Å². The van der Waals surface area contributed by atoms with E-state index in [0.717, 1.165) is 39.1 Å². The van der Waals surface area contributed by atoms with Gasteiger partial charge in [0.15, 0.2) is 5.82 Å². The molecule has 0 amide bonds. The van der Waals surface area contributed by atoms with Crippen LogP contribution in [0.3, 0.4) is 0 Å². The van der Waals surface area contributed by atoms with Crippen molar-refractivity contribution in [1.29, 1.82) is 0 Å². The van der Waals surface area contributed by atoms with Crippen LogP contribution in [0.1, 0.15) is 22.3 Å². The van der Waals surface area contributed by atoms with E-state index in [9.17, 15) is 0 Å². The molecule has 1 aromatic heterocycles. The number of nitrogens with zero attached hydrogens (tertiary/aromatic N) is 2. The first-order valence-corrected chi connectivity index (χ1v) is 19.7. The summed E-state index contributed by atoms with van der Waals surface area (Å²) in [5.74, 6) is 0.725. The summed E-state index contributed by atoms with van der Waals surface area (Å²) in [6.45, 7) is 0. The molecule has 0 fully saturated rings. The maximum atomic E-state index is 5.15. The van der Waals surface area contributed by atoms with Crippen molar-refractivity contribution in [1.82, 2.24) is 9.97 Å². The summed E-state index contributed by atoms with van der Waals surface area (Å²) in [6, 6.07) is 75.1. The molecule has 12 rings (SSSR count). The van der Waals surface area contributed by atoms with Crippen molar-refractivity contribution in [3.05, 3.63) is 229 Å². The standard InChI is InChI=1S/C55H34N2/c1-3-15-36(16-4-1)46-33-40-19-7-8-20-41(40)52-51(46)44-22-10-13-25-48(44)55(52)47-24-12-9-21-42(47)43-32-31-39(34-49(43)55)35-27-29-38(30-28-35)54-56-50-26-14-11-23-45(50)53(57-54)37-17-5-2-6-18-37/h1-34H. The van der Waals surface area contributed by atoms with E-state index in [0.29, 0.717) is 0 Å². The fourth-order valence-corrected chi connectivity index (χ4v) is 9.88. The molecule has 1 spiro atoms. The van der Waals surface area contributed by atoms with Gasteiger partial charge in [-0.1, -0.05) is 188 Å². The van der Waals surface area contributed by atoms with Crippen molar-refractivity contribution in [2.45, 2.75) is 5.41 Å². The predicted molar refractivity (Wildman–Crippen MR) is 235 cm³/mol. The topological polar surface area (TPSA) is 25.8 Å². The van der Waals surface area contributed by atoms with Crippen LogP contribution in [0, 0.1) is 0 Å². The van der Waals surface area contributed by atoms with Crippen molar-refractivity contribution >= 4 is 21.7 Å². The highest BCUT2D eigenvalue weighted by molar-refractivity contribution is 6.09. The maximum absolute atomic E-state index is 5.15. The van der Waals surface area contributed by atoms with Gasteiger partial charge in [-0.2, -0.15) is 0 Å². The van der Waals surface area contributed by atoms with E-state index in [-0.39, 0.29) is 0 Å². The number of fused-ring (bicyclic) bond motifs is 13. The number of hydrogen-bond acceptors (Lipinski definition) is 2. The van der Waals surface area contributed by atoms with Crippen LogP contribution >= 0.6 is 0 Å². The fourth-order valence-electron chi connectivity index (χ4n) is 9.88. The summed E-state index contributed by atoms with van der Waals surface area (Å²) in [6.07, 6.45) is 0. The Labute approximate surface area is 331 Å². The lowest BCUT2D eigenvalue weighted by Crippen LogP contribution is -2.26. The number of rotatable bonds is 4. The Kier molecular flexibility index (Phi) is 6.88. The lowest BCUT2D eigenvalue weighted by atomic mass is 9.69. The van der Waals surface area contributed by atoms with Crippen LogP contribution in [0.5, 0.6) is 0 Å². The second kappa shape index (κ2) is 12.3. The van der Waals surface area contributed by atoms with E-state index in [4.69, 9.17) is 9.97 Å². The molecule has 9 aromatic carbocycles. The Hall–Kier alpha value is -7.42. The lowest BCUT2D eigenvalue weighted by molar-refractivity contribution is 0.802. The fraction of sp³-hybridized carbons (Fsp3) is 0.0182. The van der Waals surface area contributed by atoms with E-state index >= 15 is 0 Å². The third kappa shape index (κ3) is 4.59. The van der Waals surface area contributed by atoms with Crippen molar-refractivity contribution in [3.8, 4) is 67.2 Å². The molecule has 0 N–H and O–H groups in total. The molecule has 264 valence electrons. The van der Waals surface area contributed by atoms with Crippen molar-refractivity contribution in [2.24, 2.45) is 0 Å². The third-order valence-electron chi connectivity index (χ3n) is 12.3. The molecule has 2 aliphatic carbocycles. The van der Waals surface area contributed by atoms with E-state index in [1.54, 1.807) is 0 Å². The molecule has 1 heterocycles. The molecule has 1 atom stereocenters. The highest BCUT2D eigenvalue weighted by Crippen LogP contribution is 2.65. The summed E-state index contributed by atoms with van der Waals surface area (Å²) in [7, 11) is 0. The SMILES string of the molecule is c1ccc(-c2cc3ccccc3c3c2-c2ccccc2C32c3ccccc3-c3ccc(-c4ccc(-c5nc(-c6ccccc6)c6ccccc6n5)cc4)cc32)cc1. The second-order valence-corrected chi connectivity index (χ2v) is 15.2. The predicted octanol–water partition coefficient (Wildman–Crippen LogP) is 13.8. The van der Waals surface area contributed by atoms with E-state index in [1.807, 2.05) is 12.1 Å². The molecule has 10 aromatic rings. The number of hydrogen-bond donors (Lipinski definition) is 0. The van der Waals surface area contributed by atoms with Crippen LogP contribution in [0.15, 0.2) is 206 Å². The highest BCUT2D eigenvalue weighted by Gasteiger charge is 2.53. The van der Waals surface area contributed by atoms with Crippen LogP contribution in [0.25, 0.3) is 88.8 Å². The van der Waals surface area contributed by atoms with Crippen molar-refractivity contribution < 1.29 is 0 Å². The van der Waals surface area contributed by atoms with E-state index in [2.05, 4.69) is 194 Å². The van der Waals surface area contributed by atoms with Crippen LogP contribution in [0.2, 0.25) is 0 Å². The molecule has 0 radical (unpaired) electrons. The quantitative estimate of drug-likeness (QED) is 0.181. The molecule has 0 saturated heterocycles. The zero-order valence-corrected chi connectivity index (χ0v) is 31.0. The first kappa shape index (κ1) is 31.9. The third-order valence-corrected chi connectivity index (χ3v) is 12.3. The van der Waals surface area contributed by atoms with Gasteiger partial charge in [0.25, 0.3) is 0 Å². The van der Waals surface area contributed by atoms with E-state index in [1.165, 1.54) is 72.0 Å². The summed E-state index contributed by atoms with van der Waals surface area (Å²) < 4.78 is 0. The Morgan fingerprint density at radius 1 is 0.333 bits per heavy atom. The van der Waals surface area contributed by atoms with Gasteiger partial charge in [-0.25, -0.2) is 9.97 Å². The zero-order chi connectivity index (χ0) is 37.5. The van der Waals surface area contributed by atoms with Gasteiger partial charge in [-0.3, -0.25) is 0 Å². The van der Waals surface area contributed by atoms with Gasteiger partial charge in [-0.05, 0) is 95.7 Å². The molecule has 0 bridgehead atoms. The van der Waals surface area contributed by atoms with Gasteiger partial charge in [0, 0.05) is 16.5 Å². The number of para-hydroxylation sites is 1. The average molecular weight is 723 g/mol. The molecule has 57 heavy (non-hydrogen) atoms. The molecule has 1 unspecified atom stereocenters. The Morgan fingerprint density at radius 2 is 0.912 bits per heavy atom. The van der Waals surface area contributed by atoms with Crippen LogP contribution in [0.4, 0.5) is 0 Å². The molecule has 2 aliphatic rings. The first-order valence-electron chi connectivity index (χ1n) is 19.7. The Balaban J connectivity index is 1.07. The van der Waals surface area contributed by atoms with Gasteiger partial charge in [0.05, 0.1) is 16.6 Å². The van der Waals surface area contributed by atoms with Gasteiger partial charge < -0.3 is 0 Å². The van der Waals surface area contributed by atoms with Gasteiger partial charge in [-0.15, -0.1) is 0 Å². The maximum Gasteiger partial charge on any atom is 0.160 e. The van der Waals surface area contributed by atoms with Gasteiger partial charge in [0.2, 0.25) is 0 Å². The largest absolute Gasteiger partial charge is 0.228 e. The minimum atomic E-state index is -0.495. The minimum absolute atomic E-state index is 0.495. The molecular weight excluding hydrogens is 689 g/mol. The molecule has 2 heteroatoms. The summed E-state index contributed by atoms with van der Waals surface area (Å²) in [4.78, 5) is 10.2. The smallest absolute Gasteiger partial charge is 0.160 e. The molecular formula is C55H34N2. The number of benzene rings is 9. The van der Waals surface area contributed by atoms with Crippen LogP contribution in [-0.4, -0.2) is 9.97 Å². The second-order valence-electron chi connectivity index (χ2n) is 15.2. The number of aromatic nitrogens is 2.